The molecule has 1 aliphatic rings. The number of benzene rings is 3. The van der Waals surface area contributed by atoms with Crippen LogP contribution < -0.4 is 10.0 Å². The topological polar surface area (TPSA) is 121 Å². The Morgan fingerprint density at radius 3 is 2.44 bits per heavy atom. The molecule has 0 saturated carbocycles. The Morgan fingerprint density at radius 2 is 1.76 bits per heavy atom. The molecule has 1 heterocycles. The number of allylic oxidation sites excluding steroid dienone is 2. The van der Waals surface area contributed by atoms with Gasteiger partial charge >= 0.3 is 0 Å². The molecule has 2 atom stereocenters. The molecule has 7 nitrogen and oxygen atoms in total. The summed E-state index contributed by atoms with van der Waals surface area (Å²) in [6.07, 6.45) is 1.03. The van der Waals surface area contributed by atoms with Crippen LogP contribution in [0.15, 0.2) is 95.6 Å². The molecule has 0 bridgehead atoms. The monoisotopic (exact) mass is 604 g/mol. The first-order chi connectivity index (χ1) is 19.3. The van der Waals surface area contributed by atoms with Crippen LogP contribution in [0.3, 0.4) is 0 Å². The fraction of sp³-hybridized carbons (Fsp3) is 0.207. The van der Waals surface area contributed by atoms with E-state index in [2.05, 4.69) is 4.72 Å². The number of halogens is 3. The highest BCUT2D eigenvalue weighted by Crippen LogP contribution is 2.27. The Kier molecular flexibility index (Phi) is 9.27. The van der Waals surface area contributed by atoms with E-state index in [1.165, 1.54) is 29.6 Å². The van der Waals surface area contributed by atoms with Crippen molar-refractivity contribution in [3.63, 3.8) is 0 Å². The Hall–Kier alpha value is -3.58. The summed E-state index contributed by atoms with van der Waals surface area (Å²) < 4.78 is 96.0. The maximum atomic E-state index is 14.6. The second-order valence-corrected chi connectivity index (χ2v) is 13.5. The molecule has 4 N–H and O–H groups in total. The fourth-order valence-corrected chi connectivity index (χ4v) is 7.51. The average molecular weight is 605 g/mol. The van der Waals surface area contributed by atoms with Crippen LogP contribution in [0.5, 0.6) is 0 Å². The van der Waals surface area contributed by atoms with Gasteiger partial charge in [-0.2, -0.15) is 0 Å². The summed E-state index contributed by atoms with van der Waals surface area (Å²) in [5.74, 6) is -3.95. The molecule has 41 heavy (non-hydrogen) atoms. The molecular formula is C29H29F3N3O4S2+. The van der Waals surface area contributed by atoms with Crippen LogP contribution in [0.2, 0.25) is 0 Å². The van der Waals surface area contributed by atoms with E-state index in [1.54, 1.807) is 43.3 Å². The summed E-state index contributed by atoms with van der Waals surface area (Å²) >= 11 is 0. The number of nitrogens with one attached hydrogen (secondary N) is 2. The average Bonchev–Trinajstić information content (AvgIpc) is 2.90. The summed E-state index contributed by atoms with van der Waals surface area (Å²) in [5.41, 5.74) is 1.02. The number of sulfonamides is 1. The summed E-state index contributed by atoms with van der Waals surface area (Å²) in [6, 6.07) is 16.8. The van der Waals surface area contributed by atoms with E-state index in [0.717, 1.165) is 23.1 Å². The first kappa shape index (κ1) is 30.4. The molecule has 4 rings (SSSR count). The Morgan fingerprint density at radius 1 is 1.05 bits per heavy atom. The quantitative estimate of drug-likeness (QED) is 0.239. The van der Waals surface area contributed by atoms with Crippen molar-refractivity contribution in [3.05, 3.63) is 124 Å². The fourth-order valence-electron chi connectivity index (χ4n) is 4.70. The number of quaternary nitrogens is 1. The Labute approximate surface area is 237 Å². The molecule has 0 saturated heterocycles. The molecule has 0 aromatic heterocycles. The molecule has 0 spiro atoms. The van der Waals surface area contributed by atoms with E-state index >= 15 is 0 Å². The number of hydrogen-bond donors (Lipinski definition) is 3. The van der Waals surface area contributed by atoms with Gasteiger partial charge in [0.25, 0.3) is 0 Å². The minimum Gasteiger partial charge on any atom is -0.300 e. The van der Waals surface area contributed by atoms with Gasteiger partial charge in [-0.15, -0.1) is 0 Å². The van der Waals surface area contributed by atoms with Crippen LogP contribution in [0.4, 0.5) is 18.9 Å². The van der Waals surface area contributed by atoms with Crippen molar-refractivity contribution in [1.82, 2.24) is 4.72 Å². The lowest BCUT2D eigenvalue weighted by Crippen LogP contribution is -2.79. The SMILES string of the molecule is C[C@H](NS(=O)(=O)/C=C/C(=N)C1=C([NH2+]c2ccc(F)cc2F)C(Cc2cccc(F)c2)CS(=O)(=O)C1)c1ccccc1. The van der Waals surface area contributed by atoms with Crippen LogP contribution in [0.25, 0.3) is 0 Å². The largest absolute Gasteiger partial charge is 0.300 e. The maximum absolute atomic E-state index is 14.6. The third kappa shape index (κ3) is 8.23. The van der Waals surface area contributed by atoms with Crippen molar-refractivity contribution < 1.29 is 35.3 Å². The van der Waals surface area contributed by atoms with Crippen LogP contribution in [-0.2, 0) is 26.3 Å². The van der Waals surface area contributed by atoms with E-state index in [9.17, 15) is 30.0 Å². The van der Waals surface area contributed by atoms with Crippen LogP contribution in [-0.4, -0.2) is 34.1 Å². The lowest BCUT2D eigenvalue weighted by molar-refractivity contribution is -0.528. The smallest absolute Gasteiger partial charge is 0.234 e. The molecule has 1 unspecified atom stereocenters. The molecular weight excluding hydrogens is 575 g/mol. The number of hydrogen-bond acceptors (Lipinski definition) is 5. The van der Waals surface area contributed by atoms with Crippen LogP contribution in [0.1, 0.15) is 24.1 Å². The van der Waals surface area contributed by atoms with Crippen molar-refractivity contribution >= 4 is 31.3 Å². The molecule has 0 aliphatic carbocycles. The van der Waals surface area contributed by atoms with E-state index in [-0.39, 0.29) is 29.1 Å². The van der Waals surface area contributed by atoms with Crippen molar-refractivity contribution in [2.75, 3.05) is 11.5 Å². The second-order valence-electron chi connectivity index (χ2n) is 9.84. The van der Waals surface area contributed by atoms with E-state index in [4.69, 9.17) is 5.41 Å². The molecule has 0 fully saturated rings. The molecule has 0 radical (unpaired) electrons. The lowest BCUT2D eigenvalue weighted by atomic mass is 9.92. The summed E-state index contributed by atoms with van der Waals surface area (Å²) in [6.45, 7) is 1.66. The van der Waals surface area contributed by atoms with Crippen molar-refractivity contribution in [3.8, 4) is 0 Å². The molecule has 216 valence electrons. The van der Waals surface area contributed by atoms with Crippen molar-refractivity contribution in [2.45, 2.75) is 19.4 Å². The third-order valence-corrected chi connectivity index (χ3v) is 9.45. The van der Waals surface area contributed by atoms with Crippen molar-refractivity contribution in [1.29, 1.82) is 5.41 Å². The van der Waals surface area contributed by atoms with E-state index in [0.29, 0.717) is 11.6 Å². The Balaban J connectivity index is 1.71. The highest BCUT2D eigenvalue weighted by Gasteiger charge is 2.37. The van der Waals surface area contributed by atoms with E-state index in [1.807, 2.05) is 0 Å². The van der Waals surface area contributed by atoms with Gasteiger partial charge in [0.2, 0.25) is 10.0 Å². The second kappa shape index (κ2) is 12.5. The molecule has 12 heteroatoms. The normalized spacial score (nSPS) is 18.0. The first-order valence-electron chi connectivity index (χ1n) is 12.6. The summed E-state index contributed by atoms with van der Waals surface area (Å²) in [4.78, 5) is 0. The van der Waals surface area contributed by atoms with Crippen LogP contribution in [0, 0.1) is 28.8 Å². The molecule has 3 aromatic rings. The van der Waals surface area contributed by atoms with Gasteiger partial charge in [0.15, 0.2) is 21.3 Å². The minimum atomic E-state index is -4.04. The van der Waals surface area contributed by atoms with Crippen molar-refractivity contribution in [2.24, 2.45) is 5.92 Å². The first-order valence-corrected chi connectivity index (χ1v) is 16.0. The molecule has 3 aromatic carbocycles. The van der Waals surface area contributed by atoms with Gasteiger partial charge < -0.3 is 5.41 Å². The third-order valence-electron chi connectivity index (χ3n) is 6.63. The zero-order valence-electron chi connectivity index (χ0n) is 22.0. The summed E-state index contributed by atoms with van der Waals surface area (Å²) in [5, 5.41) is 10.8. The van der Waals surface area contributed by atoms with Gasteiger partial charge in [-0.3, -0.25) is 5.32 Å². The predicted octanol–water partition coefficient (Wildman–Crippen LogP) is 4.05. The number of rotatable bonds is 10. The highest BCUT2D eigenvalue weighted by atomic mass is 32.2. The molecule has 1 aliphatic heterocycles. The number of sulfone groups is 1. The van der Waals surface area contributed by atoms with Gasteiger partial charge in [-0.1, -0.05) is 42.5 Å². The van der Waals surface area contributed by atoms with Gasteiger partial charge in [0.05, 0.1) is 23.1 Å². The zero-order valence-corrected chi connectivity index (χ0v) is 23.7. The Bertz CT molecular complexity index is 1720. The summed E-state index contributed by atoms with van der Waals surface area (Å²) in [7, 11) is -7.82. The predicted molar refractivity (Wildman–Crippen MR) is 151 cm³/mol. The lowest BCUT2D eigenvalue weighted by Gasteiger charge is -2.26. The zero-order chi connectivity index (χ0) is 29.8. The van der Waals surface area contributed by atoms with Crippen LogP contribution >= 0.6 is 0 Å². The maximum Gasteiger partial charge on any atom is 0.234 e. The van der Waals surface area contributed by atoms with Gasteiger partial charge in [0.1, 0.15) is 17.3 Å². The standard InChI is InChI=1S/C29H28F3N3O4S2/c1-19(21-7-3-2-4-8-21)35-41(38,39)13-12-27(33)25-18-40(36,37)17-22(14-20-6-5-9-23(30)15-20)29(25)34-28-11-10-24(31)16-26(28)32/h2-13,15-16,19,22,33-35H,14,17-18H2,1H3/p+1/b13-12+,33-27?/t19-,22?/m0/s1. The van der Waals surface area contributed by atoms with Gasteiger partial charge in [-0.25, -0.2) is 34.7 Å². The van der Waals surface area contributed by atoms with E-state index < -0.39 is 60.7 Å². The molecule has 0 amide bonds. The van der Waals surface area contributed by atoms with Gasteiger partial charge in [0, 0.05) is 29.2 Å². The number of nitrogens with two attached hydrogens (primary N) is 1. The van der Waals surface area contributed by atoms with Gasteiger partial charge in [-0.05, 0) is 48.7 Å². The minimum absolute atomic E-state index is 0.0241. The highest BCUT2D eigenvalue weighted by molar-refractivity contribution is 7.92.